The van der Waals surface area contributed by atoms with Crippen molar-refractivity contribution in [3.05, 3.63) is 0 Å². The zero-order valence-electron chi connectivity index (χ0n) is 10.6. The van der Waals surface area contributed by atoms with E-state index >= 15 is 0 Å². The maximum absolute atomic E-state index is 11.2. The molecule has 2 heteroatoms. The lowest BCUT2D eigenvalue weighted by Crippen LogP contribution is -2.36. The molecule has 0 saturated carbocycles. The third-order valence-corrected chi connectivity index (χ3v) is 3.22. The molecular formula is C14H23NO. The first kappa shape index (κ1) is 13.3. The van der Waals surface area contributed by atoms with Crippen LogP contribution in [0.15, 0.2) is 0 Å². The monoisotopic (exact) mass is 221 g/mol. The van der Waals surface area contributed by atoms with Crippen LogP contribution >= 0.6 is 0 Å². The summed E-state index contributed by atoms with van der Waals surface area (Å²) in [5, 5.41) is 0. The van der Waals surface area contributed by atoms with Crippen LogP contribution in [-0.2, 0) is 4.79 Å². The summed E-state index contributed by atoms with van der Waals surface area (Å²) in [7, 11) is 0. The normalized spacial score (nSPS) is 22.0. The van der Waals surface area contributed by atoms with E-state index in [1.165, 1.54) is 25.7 Å². The van der Waals surface area contributed by atoms with Crippen molar-refractivity contribution < 1.29 is 4.79 Å². The molecule has 0 spiro atoms. The number of rotatable bonds is 4. The second-order valence-corrected chi connectivity index (χ2v) is 4.62. The molecule has 1 aliphatic rings. The molecule has 0 radical (unpaired) electrons. The summed E-state index contributed by atoms with van der Waals surface area (Å²) in [4.78, 5) is 13.7. The fourth-order valence-electron chi connectivity index (χ4n) is 2.42. The summed E-state index contributed by atoms with van der Waals surface area (Å²) in [5.74, 6) is 6.37. The molecule has 90 valence electrons. The zero-order valence-corrected chi connectivity index (χ0v) is 10.6. The van der Waals surface area contributed by atoms with Crippen molar-refractivity contribution in [2.24, 2.45) is 0 Å². The Bertz CT molecular complexity index is 274. The lowest BCUT2D eigenvalue weighted by atomic mass is 10.0. The predicted octanol–water partition coefficient (Wildman–Crippen LogP) is 2.62. The second-order valence-electron chi connectivity index (χ2n) is 4.62. The van der Waals surface area contributed by atoms with Gasteiger partial charge in [-0.3, -0.25) is 9.69 Å². The van der Waals surface area contributed by atoms with Gasteiger partial charge < -0.3 is 0 Å². The lowest BCUT2D eigenvalue weighted by Gasteiger charge is -2.28. The molecule has 1 atom stereocenters. The minimum absolute atomic E-state index is 0.318. The third kappa shape index (κ3) is 4.81. The molecule has 1 unspecified atom stereocenters. The molecule has 1 heterocycles. The molecule has 0 amide bonds. The van der Waals surface area contributed by atoms with Crippen molar-refractivity contribution in [3.63, 3.8) is 0 Å². The number of Topliss-reactive ketones (excluding diaryl/α,β-unsaturated/α-hetero) is 1. The van der Waals surface area contributed by atoms with Gasteiger partial charge in [-0.15, -0.1) is 11.8 Å². The minimum atomic E-state index is 0.318. The van der Waals surface area contributed by atoms with Crippen LogP contribution in [0.4, 0.5) is 0 Å². The average molecular weight is 221 g/mol. The number of carbonyl (C=O) groups excluding carboxylic acids is 1. The summed E-state index contributed by atoms with van der Waals surface area (Å²) in [5.41, 5.74) is 0. The van der Waals surface area contributed by atoms with Crippen LogP contribution in [-0.4, -0.2) is 29.8 Å². The van der Waals surface area contributed by atoms with Crippen molar-refractivity contribution >= 4 is 5.78 Å². The maximum Gasteiger partial charge on any atom is 0.131 e. The van der Waals surface area contributed by atoms with E-state index in [-0.39, 0.29) is 0 Å². The lowest BCUT2D eigenvalue weighted by molar-refractivity contribution is -0.118. The Morgan fingerprint density at radius 1 is 1.38 bits per heavy atom. The summed E-state index contributed by atoms with van der Waals surface area (Å²) in [6.45, 7) is 5.76. The molecular weight excluding hydrogens is 198 g/mol. The Balaban J connectivity index is 2.49. The van der Waals surface area contributed by atoms with Gasteiger partial charge in [0.25, 0.3) is 0 Å². The molecule has 1 saturated heterocycles. The van der Waals surface area contributed by atoms with Crippen LogP contribution in [0.2, 0.25) is 0 Å². The highest BCUT2D eigenvalue weighted by molar-refractivity contribution is 5.76. The van der Waals surface area contributed by atoms with Gasteiger partial charge in [0.1, 0.15) is 5.78 Å². The molecule has 0 aromatic rings. The van der Waals surface area contributed by atoms with Gasteiger partial charge in [-0.1, -0.05) is 12.8 Å². The molecule has 0 aliphatic carbocycles. The largest absolute Gasteiger partial charge is 0.300 e. The van der Waals surface area contributed by atoms with E-state index in [1.54, 1.807) is 6.92 Å². The van der Waals surface area contributed by atoms with Crippen molar-refractivity contribution in [2.75, 3.05) is 13.1 Å². The molecule has 0 bridgehead atoms. The van der Waals surface area contributed by atoms with E-state index in [0.29, 0.717) is 11.8 Å². The smallest absolute Gasteiger partial charge is 0.131 e. The van der Waals surface area contributed by atoms with Gasteiger partial charge in [0.15, 0.2) is 0 Å². The van der Waals surface area contributed by atoms with E-state index in [2.05, 4.69) is 16.7 Å². The van der Waals surface area contributed by atoms with Crippen LogP contribution in [0.3, 0.4) is 0 Å². The van der Waals surface area contributed by atoms with E-state index < -0.39 is 0 Å². The van der Waals surface area contributed by atoms with E-state index in [4.69, 9.17) is 0 Å². The van der Waals surface area contributed by atoms with Crippen molar-refractivity contribution in [3.8, 4) is 11.8 Å². The summed E-state index contributed by atoms with van der Waals surface area (Å²) >= 11 is 0. The highest BCUT2D eigenvalue weighted by atomic mass is 16.1. The Morgan fingerprint density at radius 3 is 2.88 bits per heavy atom. The summed E-state index contributed by atoms with van der Waals surface area (Å²) in [6, 6.07) is 0.471. The van der Waals surface area contributed by atoms with Crippen LogP contribution in [0, 0.1) is 11.8 Å². The highest BCUT2D eigenvalue weighted by Crippen LogP contribution is 2.19. The maximum atomic E-state index is 11.2. The Labute approximate surface area is 99.4 Å². The number of likely N-dealkylation sites (tertiary alicyclic amines) is 1. The van der Waals surface area contributed by atoms with Gasteiger partial charge in [0.05, 0.1) is 0 Å². The molecule has 0 aromatic carbocycles. The molecule has 1 aliphatic heterocycles. The summed E-state index contributed by atoms with van der Waals surface area (Å²) < 4.78 is 0. The van der Waals surface area contributed by atoms with Crippen molar-refractivity contribution in [1.29, 1.82) is 0 Å². The standard InChI is InChI=1S/C14H23NO/c1-3-4-7-10-15-11-8-5-6-9-14(15)12-13(2)16/h14H,5-12H2,1-2H3. The van der Waals surface area contributed by atoms with Gasteiger partial charge >= 0.3 is 0 Å². The van der Waals surface area contributed by atoms with Gasteiger partial charge in [-0.25, -0.2) is 0 Å². The number of ketones is 1. The average Bonchev–Trinajstić information content (AvgIpc) is 2.44. The Morgan fingerprint density at radius 2 is 2.19 bits per heavy atom. The number of hydrogen-bond donors (Lipinski definition) is 0. The van der Waals surface area contributed by atoms with Gasteiger partial charge in [0, 0.05) is 25.4 Å². The van der Waals surface area contributed by atoms with E-state index in [9.17, 15) is 4.79 Å². The van der Waals surface area contributed by atoms with Crippen LogP contribution in [0.25, 0.3) is 0 Å². The van der Waals surface area contributed by atoms with Gasteiger partial charge in [-0.05, 0) is 33.2 Å². The first-order valence-electron chi connectivity index (χ1n) is 6.37. The SMILES string of the molecule is CC#CCCN1CCCCCC1CC(C)=O. The van der Waals surface area contributed by atoms with Crippen LogP contribution in [0.5, 0.6) is 0 Å². The molecule has 2 nitrogen and oxygen atoms in total. The minimum Gasteiger partial charge on any atom is -0.300 e. The molecule has 0 aromatic heterocycles. The predicted molar refractivity (Wildman–Crippen MR) is 67.2 cm³/mol. The number of nitrogens with zero attached hydrogens (tertiary/aromatic N) is 1. The number of hydrogen-bond acceptors (Lipinski definition) is 2. The summed E-state index contributed by atoms with van der Waals surface area (Å²) in [6.07, 6.45) is 6.69. The molecule has 16 heavy (non-hydrogen) atoms. The highest BCUT2D eigenvalue weighted by Gasteiger charge is 2.21. The van der Waals surface area contributed by atoms with Gasteiger partial charge in [0.2, 0.25) is 0 Å². The van der Waals surface area contributed by atoms with Crippen molar-refractivity contribution in [2.45, 2.75) is 58.4 Å². The first-order chi connectivity index (χ1) is 7.74. The van der Waals surface area contributed by atoms with E-state index in [1.807, 2.05) is 6.92 Å². The molecule has 1 rings (SSSR count). The Hall–Kier alpha value is -0.810. The van der Waals surface area contributed by atoms with Crippen LogP contribution < -0.4 is 0 Å². The van der Waals surface area contributed by atoms with E-state index in [0.717, 1.165) is 25.9 Å². The third-order valence-electron chi connectivity index (χ3n) is 3.22. The van der Waals surface area contributed by atoms with Gasteiger partial charge in [-0.2, -0.15) is 0 Å². The molecule has 0 N–H and O–H groups in total. The van der Waals surface area contributed by atoms with Crippen LogP contribution in [0.1, 0.15) is 52.4 Å². The quantitative estimate of drug-likeness (QED) is 0.680. The fraction of sp³-hybridized carbons (Fsp3) is 0.786. The number of carbonyl (C=O) groups is 1. The van der Waals surface area contributed by atoms with Crippen molar-refractivity contribution in [1.82, 2.24) is 4.90 Å². The topological polar surface area (TPSA) is 20.3 Å². The molecule has 1 fully saturated rings. The second kappa shape index (κ2) is 7.46. The Kier molecular flexibility index (Phi) is 6.18. The fourth-order valence-corrected chi connectivity index (χ4v) is 2.42. The first-order valence-corrected chi connectivity index (χ1v) is 6.37. The zero-order chi connectivity index (χ0) is 11.8.